The van der Waals surface area contributed by atoms with Crippen molar-refractivity contribution in [1.82, 2.24) is 14.7 Å². The number of allylic oxidation sites excluding steroid dienone is 1. The molecular formula is C36H57N3O5. The second kappa shape index (κ2) is 16.0. The van der Waals surface area contributed by atoms with Gasteiger partial charge in [-0.3, -0.25) is 14.5 Å². The molecule has 3 aliphatic carbocycles. The van der Waals surface area contributed by atoms with Crippen LogP contribution in [0.1, 0.15) is 95.3 Å². The maximum absolute atomic E-state index is 14.1. The van der Waals surface area contributed by atoms with Gasteiger partial charge in [0.1, 0.15) is 0 Å². The number of amides is 2. The van der Waals surface area contributed by atoms with Crippen LogP contribution in [0.3, 0.4) is 0 Å². The summed E-state index contributed by atoms with van der Waals surface area (Å²) in [4.78, 5) is 33.4. The van der Waals surface area contributed by atoms with Gasteiger partial charge in [-0.1, -0.05) is 70.9 Å². The number of rotatable bonds is 17. The van der Waals surface area contributed by atoms with Crippen molar-refractivity contribution in [3.63, 3.8) is 0 Å². The van der Waals surface area contributed by atoms with Crippen molar-refractivity contribution in [3.05, 3.63) is 29.3 Å². The topological polar surface area (TPSA) is 71.6 Å². The van der Waals surface area contributed by atoms with E-state index >= 15 is 0 Å². The highest BCUT2D eigenvalue weighted by Gasteiger charge is 2.51. The molecule has 2 unspecified atom stereocenters. The number of benzene rings is 1. The molecule has 8 heteroatoms. The van der Waals surface area contributed by atoms with Gasteiger partial charge in [-0.25, -0.2) is 0 Å². The number of hydrogen-bond donors (Lipinski definition) is 0. The minimum atomic E-state index is -0.0343. The summed E-state index contributed by atoms with van der Waals surface area (Å²) >= 11 is 0. The summed E-state index contributed by atoms with van der Waals surface area (Å²) in [7, 11) is 4.72. The van der Waals surface area contributed by atoms with Crippen LogP contribution in [0.5, 0.6) is 17.2 Å². The standard InChI is InChI=1S/C36H57N3O5/c1-7-8-9-10-11-12-13-14-33(40)38-20-17-37(18-21-38)19-22-39(26-27-15-16-29-25-30(27)36(29,2)3)35(41)28-23-31(42-4)34(44-6)32(24-28)43-5/h15,23-24,29-30H,7-14,16-22,25-26H2,1-6H3. The van der Waals surface area contributed by atoms with Crippen molar-refractivity contribution in [3.8, 4) is 17.2 Å². The van der Waals surface area contributed by atoms with Crippen LogP contribution >= 0.6 is 0 Å². The summed E-state index contributed by atoms with van der Waals surface area (Å²) < 4.78 is 16.6. The Balaban J connectivity index is 1.36. The van der Waals surface area contributed by atoms with E-state index in [1.807, 2.05) is 9.80 Å². The van der Waals surface area contributed by atoms with Crippen molar-refractivity contribution in [2.45, 2.75) is 85.0 Å². The number of nitrogens with zero attached hydrogens (tertiary/aromatic N) is 3. The Morgan fingerprint density at radius 1 is 0.909 bits per heavy atom. The van der Waals surface area contributed by atoms with E-state index in [1.165, 1.54) is 44.1 Å². The van der Waals surface area contributed by atoms with Crippen LogP contribution in [-0.4, -0.2) is 93.7 Å². The average molecular weight is 612 g/mol. The Morgan fingerprint density at radius 3 is 2.11 bits per heavy atom. The Hall–Kier alpha value is -2.74. The zero-order valence-corrected chi connectivity index (χ0v) is 28.3. The summed E-state index contributed by atoms with van der Waals surface area (Å²) in [5.74, 6) is 2.98. The minimum Gasteiger partial charge on any atom is -0.493 e. The third-order valence-electron chi connectivity index (χ3n) is 10.6. The van der Waals surface area contributed by atoms with Gasteiger partial charge in [0.2, 0.25) is 11.7 Å². The Morgan fingerprint density at radius 2 is 1.55 bits per heavy atom. The number of unbranched alkanes of at least 4 members (excludes halogenated alkanes) is 6. The highest BCUT2D eigenvalue weighted by molar-refractivity contribution is 5.96. The van der Waals surface area contributed by atoms with Crippen LogP contribution in [0.15, 0.2) is 23.8 Å². The number of hydrogen-bond acceptors (Lipinski definition) is 6. The van der Waals surface area contributed by atoms with Crippen molar-refractivity contribution >= 4 is 11.8 Å². The third kappa shape index (κ3) is 8.09. The molecule has 0 N–H and O–H groups in total. The van der Waals surface area contributed by atoms with E-state index in [1.54, 1.807) is 33.5 Å². The number of methoxy groups -OCH3 is 3. The zero-order chi connectivity index (χ0) is 31.7. The first-order valence-electron chi connectivity index (χ1n) is 17.0. The summed E-state index contributed by atoms with van der Waals surface area (Å²) in [6, 6.07) is 3.51. The van der Waals surface area contributed by atoms with E-state index in [-0.39, 0.29) is 5.91 Å². The van der Waals surface area contributed by atoms with Crippen LogP contribution in [0, 0.1) is 17.3 Å². The van der Waals surface area contributed by atoms with Gasteiger partial charge in [-0.05, 0) is 48.6 Å². The number of carbonyl (C=O) groups excluding carboxylic acids is 2. The number of piperazine rings is 1. The first kappa shape index (κ1) is 34.1. The first-order chi connectivity index (χ1) is 21.2. The molecule has 2 amide bonds. The van der Waals surface area contributed by atoms with Crippen molar-refractivity contribution in [2.24, 2.45) is 17.3 Å². The summed E-state index contributed by atoms with van der Waals surface area (Å²) in [5, 5.41) is 0. The van der Waals surface area contributed by atoms with Crippen molar-refractivity contribution in [2.75, 3.05) is 67.1 Å². The molecule has 0 spiro atoms. The Kier molecular flexibility index (Phi) is 12.4. The summed E-state index contributed by atoms with van der Waals surface area (Å²) in [6.45, 7) is 12.2. The quantitative estimate of drug-likeness (QED) is 0.149. The van der Waals surface area contributed by atoms with Gasteiger partial charge in [0, 0.05) is 57.8 Å². The molecule has 2 atom stereocenters. The normalized spacial score (nSPS) is 20.9. The highest BCUT2D eigenvalue weighted by Crippen LogP contribution is 2.59. The van der Waals surface area contributed by atoms with Crippen molar-refractivity contribution < 1.29 is 23.8 Å². The van der Waals surface area contributed by atoms with Gasteiger partial charge in [-0.2, -0.15) is 0 Å². The molecule has 1 saturated carbocycles. The van der Waals surface area contributed by atoms with Gasteiger partial charge in [0.05, 0.1) is 21.3 Å². The summed E-state index contributed by atoms with van der Waals surface area (Å²) in [5.41, 5.74) is 2.21. The molecule has 246 valence electrons. The van der Waals surface area contributed by atoms with Gasteiger partial charge in [0.15, 0.2) is 11.5 Å². The second-order valence-corrected chi connectivity index (χ2v) is 13.6. The predicted molar refractivity (Wildman–Crippen MR) is 176 cm³/mol. The number of fused-ring (bicyclic) bond motifs is 1. The highest BCUT2D eigenvalue weighted by atomic mass is 16.5. The lowest BCUT2D eigenvalue weighted by Crippen LogP contribution is -2.52. The zero-order valence-electron chi connectivity index (χ0n) is 28.3. The third-order valence-corrected chi connectivity index (χ3v) is 10.6. The monoisotopic (exact) mass is 611 g/mol. The maximum atomic E-state index is 14.1. The molecule has 1 aromatic rings. The van der Waals surface area contributed by atoms with Crippen molar-refractivity contribution in [1.29, 1.82) is 0 Å². The van der Waals surface area contributed by atoms with E-state index in [2.05, 4.69) is 31.7 Å². The fourth-order valence-corrected chi connectivity index (χ4v) is 7.39. The van der Waals surface area contributed by atoms with Gasteiger partial charge in [-0.15, -0.1) is 0 Å². The average Bonchev–Trinajstić information content (AvgIpc) is 3.05. The van der Waals surface area contributed by atoms with E-state index < -0.39 is 0 Å². The lowest BCUT2D eigenvalue weighted by Gasteiger charge is -2.57. The van der Waals surface area contributed by atoms with Crippen LogP contribution in [0.4, 0.5) is 0 Å². The first-order valence-corrected chi connectivity index (χ1v) is 17.0. The molecule has 1 aromatic carbocycles. The molecule has 1 saturated heterocycles. The van der Waals surface area contributed by atoms with Crippen LogP contribution in [0.2, 0.25) is 0 Å². The molecule has 5 rings (SSSR count). The largest absolute Gasteiger partial charge is 0.493 e. The molecule has 8 nitrogen and oxygen atoms in total. The molecule has 0 radical (unpaired) electrons. The van der Waals surface area contributed by atoms with Crippen LogP contribution < -0.4 is 14.2 Å². The Labute approximate surface area is 266 Å². The molecule has 4 aliphatic rings. The van der Waals surface area contributed by atoms with Crippen LogP contribution in [-0.2, 0) is 4.79 Å². The molecular weight excluding hydrogens is 554 g/mol. The molecule has 44 heavy (non-hydrogen) atoms. The lowest BCUT2D eigenvalue weighted by molar-refractivity contribution is -0.133. The molecule has 2 bridgehead atoms. The number of ether oxygens (including phenoxy) is 3. The maximum Gasteiger partial charge on any atom is 0.254 e. The van der Waals surface area contributed by atoms with E-state index in [9.17, 15) is 9.59 Å². The van der Waals surface area contributed by atoms with E-state index in [0.717, 1.165) is 57.9 Å². The van der Waals surface area contributed by atoms with Crippen LogP contribution in [0.25, 0.3) is 0 Å². The fourth-order valence-electron chi connectivity index (χ4n) is 7.39. The molecule has 1 aliphatic heterocycles. The molecule has 1 heterocycles. The minimum absolute atomic E-state index is 0.0343. The smallest absolute Gasteiger partial charge is 0.254 e. The predicted octanol–water partition coefficient (Wildman–Crippen LogP) is 6.43. The van der Waals surface area contributed by atoms with E-state index in [0.29, 0.717) is 59.6 Å². The second-order valence-electron chi connectivity index (χ2n) is 13.6. The molecule has 0 aromatic heterocycles. The van der Waals surface area contributed by atoms with Gasteiger partial charge >= 0.3 is 0 Å². The summed E-state index contributed by atoms with van der Waals surface area (Å²) in [6.07, 6.45) is 13.9. The van der Waals surface area contributed by atoms with Gasteiger partial charge in [0.25, 0.3) is 5.91 Å². The molecule has 2 fully saturated rings. The van der Waals surface area contributed by atoms with E-state index in [4.69, 9.17) is 14.2 Å². The Bertz CT molecular complexity index is 1120. The lowest BCUT2D eigenvalue weighted by atomic mass is 9.49. The fraction of sp³-hybridized carbons (Fsp3) is 0.722. The van der Waals surface area contributed by atoms with Gasteiger partial charge < -0.3 is 24.0 Å². The number of carbonyl (C=O) groups is 2. The SMILES string of the molecule is CCCCCCCCCC(=O)N1CCN(CCN(CC2=CCC3CC2C3(C)C)C(=O)c2cc(OC)c(OC)c(OC)c2)CC1.